The number of carboxylic acids is 2. The fourth-order valence-corrected chi connectivity index (χ4v) is 4.85. The van der Waals surface area contributed by atoms with E-state index < -0.39 is 24.5 Å². The van der Waals surface area contributed by atoms with Crippen LogP contribution in [0.4, 0.5) is 16.3 Å². The number of benzene rings is 2. The first-order chi connectivity index (χ1) is 25.5. The number of unbranched alkanes of at least 4 members (excludes halogenated alkanes) is 3. The maximum atomic E-state index is 13.6. The maximum absolute atomic E-state index is 13.6. The van der Waals surface area contributed by atoms with Gasteiger partial charge in [-0.15, -0.1) is 0 Å². The largest absolute Gasteiger partial charge is 0.481 e. The number of fused-ring (bicyclic) bond motifs is 1. The van der Waals surface area contributed by atoms with Crippen LogP contribution < -0.4 is 15.6 Å². The number of anilines is 2. The topological polar surface area (TPSA) is 215 Å². The molecule has 0 unspecified atom stereocenters. The Kier molecular flexibility index (Phi) is 16.9. The Morgan fingerprint density at radius 3 is 2.34 bits per heavy atom. The van der Waals surface area contributed by atoms with E-state index in [0.29, 0.717) is 30.0 Å². The Labute approximate surface area is 306 Å². The molecule has 2 heterocycles. The molecule has 0 aliphatic carbocycles. The van der Waals surface area contributed by atoms with E-state index >= 15 is 0 Å². The molecule has 2 aromatic carbocycles. The monoisotopic (exact) mass is 731 g/mol. The third-order valence-corrected chi connectivity index (χ3v) is 7.50. The predicted molar refractivity (Wildman–Crippen MR) is 198 cm³/mol. The molecule has 0 radical (unpaired) electrons. The zero-order valence-electron chi connectivity index (χ0n) is 30.0. The highest BCUT2D eigenvalue weighted by molar-refractivity contribution is 6.07. The number of esters is 1. The molecule has 4 aromatic rings. The number of rotatable bonds is 18. The minimum atomic E-state index is -1.31. The van der Waals surface area contributed by atoms with E-state index in [4.69, 9.17) is 24.7 Å². The highest BCUT2D eigenvalue weighted by Gasteiger charge is 2.21. The number of pyridine rings is 1. The average Bonchev–Trinajstić information content (AvgIpc) is 3.45. The number of hydrogen-bond donors (Lipinski definition) is 4. The summed E-state index contributed by atoms with van der Waals surface area (Å²) in [5.41, 5.74) is 6.07. The molecule has 282 valence electrons. The number of carboxylic acid groups (broad SMARTS) is 2. The molecule has 0 fully saturated rings. The molecule has 0 atom stereocenters. The Morgan fingerprint density at radius 1 is 0.943 bits per heavy atom. The van der Waals surface area contributed by atoms with Gasteiger partial charge in [-0.05, 0) is 61.4 Å². The fraction of sp³-hybridized carbons (Fsp3) is 0.351. The van der Waals surface area contributed by atoms with E-state index in [1.165, 1.54) is 4.90 Å². The van der Waals surface area contributed by atoms with Gasteiger partial charge in [-0.1, -0.05) is 44.4 Å². The highest BCUT2D eigenvalue weighted by atomic mass is 16.6. The van der Waals surface area contributed by atoms with Crippen LogP contribution in [-0.4, -0.2) is 80.6 Å². The normalized spacial score (nSPS) is 10.6. The van der Waals surface area contributed by atoms with Crippen LogP contribution in [-0.2, 0) is 37.4 Å². The number of ether oxygens (including phenoxy) is 2. The van der Waals surface area contributed by atoms with Crippen molar-refractivity contribution in [3.8, 4) is 0 Å². The van der Waals surface area contributed by atoms with Gasteiger partial charge in [0.1, 0.15) is 18.1 Å². The summed E-state index contributed by atoms with van der Waals surface area (Å²) in [6.45, 7) is 5.13. The number of aromatic nitrogens is 3. The van der Waals surface area contributed by atoms with E-state index in [9.17, 15) is 24.0 Å². The molecule has 0 bridgehead atoms. The summed E-state index contributed by atoms with van der Waals surface area (Å²) in [5.74, 6) is -2.05. The van der Waals surface area contributed by atoms with Crippen molar-refractivity contribution in [2.24, 2.45) is 12.1 Å². The lowest BCUT2D eigenvalue weighted by Crippen LogP contribution is -2.34. The molecule has 0 aliphatic heterocycles. The van der Waals surface area contributed by atoms with E-state index in [0.717, 1.165) is 48.3 Å². The molecular weight excluding hydrogens is 686 g/mol. The van der Waals surface area contributed by atoms with Crippen molar-refractivity contribution in [1.82, 2.24) is 20.0 Å². The van der Waals surface area contributed by atoms with Crippen molar-refractivity contribution in [2.45, 2.75) is 58.9 Å². The van der Waals surface area contributed by atoms with Gasteiger partial charge in [-0.2, -0.15) is 5.10 Å². The Bertz CT molecular complexity index is 1830. The van der Waals surface area contributed by atoms with Crippen molar-refractivity contribution in [3.05, 3.63) is 83.8 Å². The Balaban J connectivity index is 0.000000980. The number of aryl methyl sites for hydroxylation is 1. The molecule has 0 spiro atoms. The second-order valence-electron chi connectivity index (χ2n) is 11.5. The van der Waals surface area contributed by atoms with Crippen LogP contribution in [0.1, 0.15) is 74.1 Å². The number of nitrogens with one attached hydrogen (secondary N) is 2. The summed E-state index contributed by atoms with van der Waals surface area (Å²) in [7, 11) is 1.93. The fourth-order valence-electron chi connectivity index (χ4n) is 4.85. The number of carbonyl (C=O) groups excluding carboxylic acids is 3. The van der Waals surface area contributed by atoms with Crippen LogP contribution in [0.3, 0.4) is 0 Å². The number of imidazole rings is 1. The minimum Gasteiger partial charge on any atom is -0.481 e. The molecule has 0 saturated heterocycles. The zero-order chi connectivity index (χ0) is 38.6. The van der Waals surface area contributed by atoms with E-state index in [1.807, 2.05) is 41.9 Å². The number of hydrogen-bond acceptors (Lipinski definition) is 11. The molecular formula is C37H45N7O9. The number of nitrogens with zero attached hydrogens (tertiary/aromatic N) is 5. The van der Waals surface area contributed by atoms with Crippen molar-refractivity contribution in [1.29, 1.82) is 0 Å². The van der Waals surface area contributed by atoms with Gasteiger partial charge in [0, 0.05) is 31.0 Å². The van der Waals surface area contributed by atoms with Crippen molar-refractivity contribution >= 4 is 58.7 Å². The van der Waals surface area contributed by atoms with Gasteiger partial charge in [0.25, 0.3) is 5.91 Å². The third-order valence-electron chi connectivity index (χ3n) is 7.50. The first kappa shape index (κ1) is 41.1. The molecule has 4 rings (SSSR count). The molecule has 2 aromatic heterocycles. The smallest absolute Gasteiger partial charge is 0.427 e. The first-order valence-electron chi connectivity index (χ1n) is 17.1. The molecule has 2 amide bonds. The zero-order valence-corrected chi connectivity index (χ0v) is 30.0. The summed E-state index contributed by atoms with van der Waals surface area (Å²) in [5, 5.41) is 22.7. The van der Waals surface area contributed by atoms with Crippen LogP contribution in [0.25, 0.3) is 11.0 Å². The molecule has 0 saturated carbocycles. The van der Waals surface area contributed by atoms with Crippen molar-refractivity contribution in [2.75, 3.05) is 30.0 Å². The van der Waals surface area contributed by atoms with E-state index in [2.05, 4.69) is 27.8 Å². The second kappa shape index (κ2) is 21.8. The van der Waals surface area contributed by atoms with Gasteiger partial charge in [-0.3, -0.25) is 24.1 Å². The Hall–Kier alpha value is -6.32. The summed E-state index contributed by atoms with van der Waals surface area (Å²) in [6.07, 6.45) is 5.99. The van der Waals surface area contributed by atoms with Gasteiger partial charge in [0.2, 0.25) is 0 Å². The lowest BCUT2D eigenvalue weighted by atomic mass is 10.1. The number of carbonyl (C=O) groups is 5. The molecule has 0 aliphatic rings. The van der Waals surface area contributed by atoms with Crippen LogP contribution in [0.5, 0.6) is 0 Å². The minimum absolute atomic E-state index is 0.0519. The molecule has 53 heavy (non-hydrogen) atoms. The van der Waals surface area contributed by atoms with Crippen molar-refractivity contribution in [3.63, 3.8) is 0 Å². The summed E-state index contributed by atoms with van der Waals surface area (Å²) < 4.78 is 12.1. The molecule has 4 N–H and O–H groups in total. The number of amides is 2. The second-order valence-corrected chi connectivity index (χ2v) is 11.5. The van der Waals surface area contributed by atoms with Crippen LogP contribution >= 0.6 is 0 Å². The summed E-state index contributed by atoms with van der Waals surface area (Å²) in [4.78, 5) is 66.8. The van der Waals surface area contributed by atoms with Gasteiger partial charge in [-0.25, -0.2) is 20.2 Å². The first-order valence-corrected chi connectivity index (χ1v) is 17.1. The lowest BCUT2D eigenvalue weighted by molar-refractivity contribution is -0.147. The lowest BCUT2D eigenvalue weighted by Gasteiger charge is -2.21. The number of aliphatic carboxylic acids is 2. The van der Waals surface area contributed by atoms with Gasteiger partial charge < -0.3 is 29.6 Å². The van der Waals surface area contributed by atoms with Gasteiger partial charge in [0.05, 0.1) is 43.4 Å². The highest BCUT2D eigenvalue weighted by Crippen LogP contribution is 2.21. The van der Waals surface area contributed by atoms with Crippen LogP contribution in [0.15, 0.2) is 72.0 Å². The Morgan fingerprint density at radius 2 is 1.70 bits per heavy atom. The summed E-state index contributed by atoms with van der Waals surface area (Å²) in [6, 6.07) is 18.3. The van der Waals surface area contributed by atoms with Gasteiger partial charge >= 0.3 is 24.0 Å². The van der Waals surface area contributed by atoms with Crippen molar-refractivity contribution < 1.29 is 43.7 Å². The average molecular weight is 732 g/mol. The standard InChI is InChI=1S/C34H41N7O5.C3H4O4/c1-4-6-7-10-21-46-34(44)39-37-23-25-12-15-27(16-13-25)36-24-31-38-28-22-26(14-17-29(28)40(31)3)33(43)41(20-18-32(42)45-5-2)30-11-8-9-19-35-30;4-2(5)1-3(6)7/h8-9,11-17,19,22-23,36H,4-7,10,18,20-21,24H2,1-3H3,(H,39,44);1H2,(H,4,5)(H,6,7). The molecule has 16 nitrogen and oxygen atoms in total. The SMILES string of the molecule is CCCCCCOC(=O)NN=Cc1ccc(NCc2nc3cc(C(=O)N(CCC(=O)OCC)c4ccccn4)ccc3n2C)cc1.O=C(O)CC(=O)O. The van der Waals surface area contributed by atoms with E-state index in [-0.39, 0.29) is 31.4 Å². The van der Waals surface area contributed by atoms with Crippen LogP contribution in [0.2, 0.25) is 0 Å². The van der Waals surface area contributed by atoms with E-state index in [1.54, 1.807) is 49.7 Å². The van der Waals surface area contributed by atoms with Crippen LogP contribution in [0, 0.1) is 0 Å². The third kappa shape index (κ3) is 14.1. The van der Waals surface area contributed by atoms with Gasteiger partial charge in [0.15, 0.2) is 0 Å². The quantitative estimate of drug-likeness (QED) is 0.0334. The number of hydrazone groups is 1. The summed E-state index contributed by atoms with van der Waals surface area (Å²) >= 11 is 0. The predicted octanol–water partition coefficient (Wildman–Crippen LogP) is 5.37. The maximum Gasteiger partial charge on any atom is 0.427 e. The molecule has 16 heteroatoms.